The summed E-state index contributed by atoms with van der Waals surface area (Å²) in [6.07, 6.45) is 0. The summed E-state index contributed by atoms with van der Waals surface area (Å²) in [5.41, 5.74) is -0.145. The molecule has 0 atom stereocenters. The van der Waals surface area contributed by atoms with E-state index in [9.17, 15) is 9.59 Å². The first-order chi connectivity index (χ1) is 9.02. The van der Waals surface area contributed by atoms with Gasteiger partial charge in [0.15, 0.2) is 11.5 Å². The number of amides is 1. The highest BCUT2D eigenvalue weighted by atomic mass is 16.5. The van der Waals surface area contributed by atoms with Crippen molar-refractivity contribution < 1.29 is 24.0 Å². The third kappa shape index (κ3) is 5.49. The Morgan fingerprint density at radius 3 is 2.89 bits per heavy atom. The Bertz CT molecular complexity index is 432. The number of ether oxygens (including phenoxy) is 1. The second-order valence-electron chi connectivity index (χ2n) is 4.00. The molecule has 2 N–H and O–H groups in total. The number of hydrogen-bond donors (Lipinski definition) is 2. The maximum Gasteiger partial charge on any atom is 0.358 e. The van der Waals surface area contributed by atoms with Crippen molar-refractivity contribution in [2.75, 3.05) is 33.9 Å². The predicted molar refractivity (Wildman–Crippen MR) is 64.7 cm³/mol. The molecule has 8 nitrogen and oxygen atoms in total. The van der Waals surface area contributed by atoms with Gasteiger partial charge in [0.05, 0.1) is 19.7 Å². The number of carboxylic acid groups (broad SMARTS) is 1. The number of carboxylic acids is 1. The third-order valence-corrected chi connectivity index (χ3v) is 2.25. The lowest BCUT2D eigenvalue weighted by Gasteiger charge is -2.14. The second-order valence-corrected chi connectivity index (χ2v) is 4.00. The molecule has 8 heteroatoms. The molecule has 19 heavy (non-hydrogen) atoms. The lowest BCUT2D eigenvalue weighted by Crippen LogP contribution is -2.36. The Balaban J connectivity index is 2.35. The molecule has 1 heterocycles. The molecule has 106 valence electrons. The number of aromatic nitrogens is 1. The Labute approximate surface area is 110 Å². The number of methoxy groups -OCH3 is 1. The normalized spacial score (nSPS) is 10.7. The monoisotopic (exact) mass is 271 g/mol. The van der Waals surface area contributed by atoms with Crippen LogP contribution in [0.1, 0.15) is 16.2 Å². The third-order valence-electron chi connectivity index (χ3n) is 2.25. The fourth-order valence-electron chi connectivity index (χ4n) is 1.40. The van der Waals surface area contributed by atoms with Crippen LogP contribution in [0.3, 0.4) is 0 Å². The summed E-state index contributed by atoms with van der Waals surface area (Å²) in [6, 6.07) is 1.33. The minimum atomic E-state index is -1.14. The summed E-state index contributed by atoms with van der Waals surface area (Å²) in [5.74, 6) is -0.892. The minimum Gasteiger partial charge on any atom is -0.476 e. The number of carbonyl (C=O) groups excluding carboxylic acids is 1. The Morgan fingerprint density at radius 2 is 2.32 bits per heavy atom. The van der Waals surface area contributed by atoms with Crippen LogP contribution in [0.5, 0.6) is 0 Å². The Kier molecular flexibility index (Phi) is 5.97. The van der Waals surface area contributed by atoms with Crippen molar-refractivity contribution in [1.82, 2.24) is 15.4 Å². The molecule has 1 aromatic heterocycles. The highest BCUT2D eigenvalue weighted by Crippen LogP contribution is 2.06. The van der Waals surface area contributed by atoms with Gasteiger partial charge in [0.1, 0.15) is 0 Å². The van der Waals surface area contributed by atoms with Crippen molar-refractivity contribution in [2.24, 2.45) is 0 Å². The van der Waals surface area contributed by atoms with Gasteiger partial charge >= 0.3 is 5.97 Å². The van der Waals surface area contributed by atoms with Gasteiger partial charge in [-0.2, -0.15) is 0 Å². The van der Waals surface area contributed by atoms with Crippen LogP contribution in [-0.4, -0.2) is 60.9 Å². The summed E-state index contributed by atoms with van der Waals surface area (Å²) in [5, 5.41) is 14.8. The molecule has 1 amide bonds. The van der Waals surface area contributed by atoms with E-state index in [-0.39, 0.29) is 18.1 Å². The van der Waals surface area contributed by atoms with E-state index in [0.29, 0.717) is 25.5 Å². The molecule has 1 rings (SSSR count). The van der Waals surface area contributed by atoms with Crippen LogP contribution in [0.2, 0.25) is 0 Å². The van der Waals surface area contributed by atoms with Gasteiger partial charge < -0.3 is 19.7 Å². The predicted octanol–water partition coefficient (Wildman–Crippen LogP) is -0.433. The quantitative estimate of drug-likeness (QED) is 0.618. The zero-order valence-corrected chi connectivity index (χ0v) is 10.9. The van der Waals surface area contributed by atoms with Crippen molar-refractivity contribution >= 4 is 11.9 Å². The molecular weight excluding hydrogens is 254 g/mol. The molecule has 0 radical (unpaired) electrons. The fourth-order valence-corrected chi connectivity index (χ4v) is 1.40. The van der Waals surface area contributed by atoms with E-state index in [4.69, 9.17) is 14.4 Å². The van der Waals surface area contributed by atoms with Gasteiger partial charge in [0.25, 0.3) is 0 Å². The highest BCUT2D eigenvalue weighted by molar-refractivity contribution is 5.85. The topological polar surface area (TPSA) is 105 Å². The van der Waals surface area contributed by atoms with Crippen molar-refractivity contribution in [2.45, 2.75) is 6.54 Å². The van der Waals surface area contributed by atoms with Gasteiger partial charge in [-0.3, -0.25) is 9.69 Å². The van der Waals surface area contributed by atoms with E-state index in [1.807, 2.05) is 0 Å². The van der Waals surface area contributed by atoms with Crippen molar-refractivity contribution in [3.63, 3.8) is 0 Å². The van der Waals surface area contributed by atoms with Crippen LogP contribution in [0, 0.1) is 0 Å². The number of rotatable bonds is 8. The Morgan fingerprint density at radius 1 is 1.58 bits per heavy atom. The molecule has 0 unspecified atom stereocenters. The van der Waals surface area contributed by atoms with Crippen LogP contribution in [0.15, 0.2) is 10.6 Å². The van der Waals surface area contributed by atoms with Gasteiger partial charge in [0.2, 0.25) is 5.91 Å². The Hall–Kier alpha value is -1.93. The van der Waals surface area contributed by atoms with Gasteiger partial charge in [0, 0.05) is 19.7 Å². The number of nitrogens with one attached hydrogen (secondary N) is 1. The van der Waals surface area contributed by atoms with Crippen LogP contribution >= 0.6 is 0 Å². The summed E-state index contributed by atoms with van der Waals surface area (Å²) >= 11 is 0. The van der Waals surface area contributed by atoms with Gasteiger partial charge in [-0.1, -0.05) is 5.16 Å². The molecular formula is C11H17N3O5. The van der Waals surface area contributed by atoms with Crippen LogP contribution < -0.4 is 5.32 Å². The number of nitrogens with zero attached hydrogens (tertiary/aromatic N) is 2. The first-order valence-electron chi connectivity index (χ1n) is 5.66. The molecule has 0 bridgehead atoms. The number of carbonyl (C=O) groups is 2. The molecule has 0 saturated carbocycles. The van der Waals surface area contributed by atoms with E-state index >= 15 is 0 Å². The zero-order chi connectivity index (χ0) is 14.3. The molecule has 0 saturated heterocycles. The molecule has 0 aliphatic carbocycles. The average molecular weight is 271 g/mol. The largest absolute Gasteiger partial charge is 0.476 e. The van der Waals surface area contributed by atoms with Gasteiger partial charge in [-0.15, -0.1) is 0 Å². The summed E-state index contributed by atoms with van der Waals surface area (Å²) in [7, 11) is 3.28. The maximum absolute atomic E-state index is 11.5. The van der Waals surface area contributed by atoms with Crippen LogP contribution in [-0.2, 0) is 16.1 Å². The highest BCUT2D eigenvalue weighted by Gasteiger charge is 2.13. The zero-order valence-electron chi connectivity index (χ0n) is 10.9. The average Bonchev–Trinajstić information content (AvgIpc) is 2.77. The van der Waals surface area contributed by atoms with Crippen molar-refractivity contribution in [1.29, 1.82) is 0 Å². The molecule has 0 fully saturated rings. The summed E-state index contributed by atoms with van der Waals surface area (Å²) in [4.78, 5) is 23.8. The lowest BCUT2D eigenvalue weighted by molar-refractivity contribution is -0.122. The van der Waals surface area contributed by atoms with E-state index in [1.165, 1.54) is 6.07 Å². The van der Waals surface area contributed by atoms with E-state index < -0.39 is 5.97 Å². The summed E-state index contributed by atoms with van der Waals surface area (Å²) < 4.78 is 9.66. The first kappa shape index (κ1) is 15.1. The second kappa shape index (κ2) is 7.49. The minimum absolute atomic E-state index is 0.141. The van der Waals surface area contributed by atoms with E-state index in [2.05, 4.69) is 10.5 Å². The van der Waals surface area contributed by atoms with Crippen LogP contribution in [0.25, 0.3) is 0 Å². The first-order valence-corrected chi connectivity index (χ1v) is 5.66. The standard InChI is InChI=1S/C11H17N3O5/c1-14(7-10(15)12-3-4-18-2)6-8-5-9(11(16)17)13-19-8/h5H,3-4,6-7H2,1-2H3,(H,12,15)(H,16,17). The fraction of sp³-hybridized carbons (Fsp3) is 0.545. The molecule has 1 aromatic rings. The van der Waals surface area contributed by atoms with Gasteiger partial charge in [-0.25, -0.2) is 4.79 Å². The smallest absolute Gasteiger partial charge is 0.358 e. The molecule has 0 spiro atoms. The number of hydrogen-bond acceptors (Lipinski definition) is 6. The van der Waals surface area contributed by atoms with Crippen molar-refractivity contribution in [3.05, 3.63) is 17.5 Å². The van der Waals surface area contributed by atoms with Crippen molar-refractivity contribution in [3.8, 4) is 0 Å². The van der Waals surface area contributed by atoms with Gasteiger partial charge in [-0.05, 0) is 7.05 Å². The maximum atomic E-state index is 11.5. The lowest BCUT2D eigenvalue weighted by atomic mass is 10.3. The SMILES string of the molecule is COCCNC(=O)CN(C)Cc1cc(C(=O)O)no1. The molecule has 0 aliphatic heterocycles. The number of aromatic carboxylic acids is 1. The van der Waals surface area contributed by atoms with E-state index in [0.717, 1.165) is 0 Å². The number of likely N-dealkylation sites (N-methyl/N-ethyl adjacent to an activating group) is 1. The summed E-state index contributed by atoms with van der Waals surface area (Å²) in [6.45, 7) is 1.39. The van der Waals surface area contributed by atoms with Crippen LogP contribution in [0.4, 0.5) is 0 Å². The molecule has 0 aliphatic rings. The molecule has 0 aromatic carbocycles. The van der Waals surface area contributed by atoms with E-state index in [1.54, 1.807) is 19.1 Å².